The topological polar surface area (TPSA) is 37.8 Å². The van der Waals surface area contributed by atoms with Gasteiger partial charge in [0.2, 0.25) is 0 Å². The summed E-state index contributed by atoms with van der Waals surface area (Å²) in [5.41, 5.74) is 3.22. The normalized spacial score (nSPS) is 12.4. The summed E-state index contributed by atoms with van der Waals surface area (Å²) in [6.07, 6.45) is 4.27. The van der Waals surface area contributed by atoms with Crippen molar-refractivity contribution >= 4 is 0 Å². The predicted molar refractivity (Wildman–Crippen MR) is 73.3 cm³/mol. The van der Waals surface area contributed by atoms with Crippen LogP contribution in [0.15, 0.2) is 36.7 Å². The molecule has 0 saturated carbocycles. The first-order valence-electron chi connectivity index (χ1n) is 6.45. The fourth-order valence-electron chi connectivity index (χ4n) is 2.17. The number of nitrogens with zero attached hydrogens (tertiary/aromatic N) is 2. The van der Waals surface area contributed by atoms with Crippen LogP contribution in [0.1, 0.15) is 29.7 Å². The maximum atomic E-state index is 13.1. The molecule has 0 amide bonds. The zero-order chi connectivity index (χ0) is 13.7. The third-order valence-electron chi connectivity index (χ3n) is 3.19. The number of aryl methyl sites for hydroxylation is 1. The Balaban J connectivity index is 2.21. The number of benzene rings is 1. The highest BCUT2D eigenvalue weighted by Gasteiger charge is 2.13. The SMILES string of the molecule is CCNC(Cc1ccc(F)cc1C)c1ccnnc1. The van der Waals surface area contributed by atoms with Crippen LogP contribution in [-0.4, -0.2) is 16.7 Å². The van der Waals surface area contributed by atoms with Gasteiger partial charge in [-0.05, 0) is 54.8 Å². The van der Waals surface area contributed by atoms with E-state index < -0.39 is 0 Å². The minimum Gasteiger partial charge on any atom is -0.310 e. The van der Waals surface area contributed by atoms with E-state index in [4.69, 9.17) is 0 Å². The minimum absolute atomic E-state index is 0.171. The first kappa shape index (κ1) is 13.6. The van der Waals surface area contributed by atoms with E-state index in [9.17, 15) is 4.39 Å². The van der Waals surface area contributed by atoms with Gasteiger partial charge in [-0.1, -0.05) is 13.0 Å². The maximum Gasteiger partial charge on any atom is 0.123 e. The monoisotopic (exact) mass is 259 g/mol. The summed E-state index contributed by atoms with van der Waals surface area (Å²) >= 11 is 0. The lowest BCUT2D eigenvalue weighted by Gasteiger charge is -2.19. The largest absolute Gasteiger partial charge is 0.310 e. The molecule has 0 spiro atoms. The van der Waals surface area contributed by atoms with Crippen molar-refractivity contribution in [3.63, 3.8) is 0 Å². The molecule has 0 aliphatic rings. The highest BCUT2D eigenvalue weighted by molar-refractivity contribution is 5.29. The lowest BCUT2D eigenvalue weighted by molar-refractivity contribution is 0.544. The molecule has 0 radical (unpaired) electrons. The van der Waals surface area contributed by atoms with Gasteiger partial charge in [-0.2, -0.15) is 10.2 Å². The van der Waals surface area contributed by atoms with Crippen molar-refractivity contribution in [2.45, 2.75) is 26.3 Å². The molecular weight excluding hydrogens is 241 g/mol. The average Bonchev–Trinajstić information content (AvgIpc) is 2.42. The van der Waals surface area contributed by atoms with Crippen LogP contribution in [-0.2, 0) is 6.42 Å². The molecule has 1 heterocycles. The van der Waals surface area contributed by atoms with Crippen molar-refractivity contribution < 1.29 is 4.39 Å². The summed E-state index contributed by atoms with van der Waals surface area (Å²) in [5, 5.41) is 11.1. The van der Waals surface area contributed by atoms with E-state index >= 15 is 0 Å². The van der Waals surface area contributed by atoms with Crippen molar-refractivity contribution in [3.8, 4) is 0 Å². The highest BCUT2D eigenvalue weighted by atomic mass is 19.1. The van der Waals surface area contributed by atoms with Crippen molar-refractivity contribution in [2.24, 2.45) is 0 Å². The first-order valence-corrected chi connectivity index (χ1v) is 6.45. The quantitative estimate of drug-likeness (QED) is 0.897. The van der Waals surface area contributed by atoms with Crippen molar-refractivity contribution in [1.29, 1.82) is 0 Å². The Morgan fingerprint density at radius 1 is 1.26 bits per heavy atom. The van der Waals surface area contributed by atoms with Gasteiger partial charge in [0, 0.05) is 12.2 Å². The van der Waals surface area contributed by atoms with Gasteiger partial charge in [0.15, 0.2) is 0 Å². The number of likely N-dealkylation sites (N-methyl/N-ethyl adjacent to an activating group) is 1. The number of nitrogens with one attached hydrogen (secondary N) is 1. The fourth-order valence-corrected chi connectivity index (χ4v) is 2.17. The zero-order valence-corrected chi connectivity index (χ0v) is 11.2. The first-order chi connectivity index (χ1) is 9.20. The molecule has 1 atom stereocenters. The molecule has 0 bridgehead atoms. The Bertz CT molecular complexity index is 528. The molecule has 1 aromatic heterocycles. The van der Waals surface area contributed by atoms with Gasteiger partial charge in [-0.15, -0.1) is 0 Å². The summed E-state index contributed by atoms with van der Waals surface area (Å²) in [7, 11) is 0. The van der Waals surface area contributed by atoms with Crippen LogP contribution >= 0.6 is 0 Å². The average molecular weight is 259 g/mol. The van der Waals surface area contributed by atoms with Crippen LogP contribution in [0.3, 0.4) is 0 Å². The summed E-state index contributed by atoms with van der Waals surface area (Å²) in [6.45, 7) is 4.87. The molecule has 100 valence electrons. The van der Waals surface area contributed by atoms with Gasteiger partial charge in [-0.3, -0.25) is 0 Å². The molecule has 0 fully saturated rings. The molecule has 0 aliphatic carbocycles. The molecule has 1 N–H and O–H groups in total. The number of hydrogen-bond acceptors (Lipinski definition) is 3. The molecule has 2 rings (SSSR count). The third-order valence-corrected chi connectivity index (χ3v) is 3.19. The van der Waals surface area contributed by atoms with E-state index in [1.807, 2.05) is 19.1 Å². The van der Waals surface area contributed by atoms with E-state index in [1.165, 1.54) is 6.07 Å². The Labute approximate surface area is 112 Å². The standard InChI is InChI=1S/C15H18FN3/c1-3-17-15(13-6-7-18-19-10-13)9-12-4-5-14(16)8-11(12)2/h4-8,10,15,17H,3,9H2,1-2H3. The van der Waals surface area contributed by atoms with Gasteiger partial charge in [0.25, 0.3) is 0 Å². The van der Waals surface area contributed by atoms with Crippen molar-refractivity contribution in [1.82, 2.24) is 15.5 Å². The minimum atomic E-state index is -0.188. The summed E-state index contributed by atoms with van der Waals surface area (Å²) in [6, 6.07) is 7.06. The van der Waals surface area contributed by atoms with Crippen LogP contribution in [0.5, 0.6) is 0 Å². The molecule has 0 aliphatic heterocycles. The number of rotatable bonds is 5. The van der Waals surface area contributed by atoms with Crippen molar-refractivity contribution in [2.75, 3.05) is 6.54 Å². The van der Waals surface area contributed by atoms with E-state index in [-0.39, 0.29) is 11.9 Å². The molecule has 0 saturated heterocycles. The van der Waals surface area contributed by atoms with Crippen LogP contribution in [0, 0.1) is 12.7 Å². The number of halogens is 1. The zero-order valence-electron chi connectivity index (χ0n) is 11.2. The fraction of sp³-hybridized carbons (Fsp3) is 0.333. The summed E-state index contributed by atoms with van der Waals surface area (Å²) < 4.78 is 13.1. The smallest absolute Gasteiger partial charge is 0.123 e. The molecule has 3 nitrogen and oxygen atoms in total. The van der Waals surface area contributed by atoms with Gasteiger partial charge in [0.05, 0.1) is 6.20 Å². The van der Waals surface area contributed by atoms with Crippen LogP contribution < -0.4 is 5.32 Å². The Hall–Kier alpha value is -1.81. The van der Waals surface area contributed by atoms with Gasteiger partial charge >= 0.3 is 0 Å². The van der Waals surface area contributed by atoms with Gasteiger partial charge in [-0.25, -0.2) is 4.39 Å². The second-order valence-corrected chi connectivity index (χ2v) is 4.56. The van der Waals surface area contributed by atoms with Crippen LogP contribution in [0.2, 0.25) is 0 Å². The lowest BCUT2D eigenvalue weighted by atomic mass is 9.97. The lowest BCUT2D eigenvalue weighted by Crippen LogP contribution is -2.23. The summed E-state index contributed by atoms with van der Waals surface area (Å²) in [4.78, 5) is 0. The van der Waals surface area contributed by atoms with E-state index in [0.29, 0.717) is 0 Å². The molecule has 1 aromatic carbocycles. The molecule has 2 aromatic rings. The van der Waals surface area contributed by atoms with E-state index in [2.05, 4.69) is 22.4 Å². The molecule has 4 heteroatoms. The molecule has 1 unspecified atom stereocenters. The van der Waals surface area contributed by atoms with E-state index in [1.54, 1.807) is 18.5 Å². The second kappa shape index (κ2) is 6.38. The van der Waals surface area contributed by atoms with Crippen molar-refractivity contribution in [3.05, 3.63) is 59.2 Å². The van der Waals surface area contributed by atoms with Gasteiger partial charge < -0.3 is 5.32 Å². The predicted octanol–water partition coefficient (Wildman–Crippen LogP) is 2.82. The number of hydrogen-bond donors (Lipinski definition) is 1. The Morgan fingerprint density at radius 2 is 2.11 bits per heavy atom. The molecule has 19 heavy (non-hydrogen) atoms. The van der Waals surface area contributed by atoms with Crippen LogP contribution in [0.25, 0.3) is 0 Å². The second-order valence-electron chi connectivity index (χ2n) is 4.56. The van der Waals surface area contributed by atoms with Crippen LogP contribution in [0.4, 0.5) is 4.39 Å². The molecular formula is C15H18FN3. The van der Waals surface area contributed by atoms with Gasteiger partial charge in [0.1, 0.15) is 5.82 Å². The van der Waals surface area contributed by atoms with E-state index in [0.717, 1.165) is 29.7 Å². The number of aromatic nitrogens is 2. The summed E-state index contributed by atoms with van der Waals surface area (Å²) in [5.74, 6) is -0.188. The third kappa shape index (κ3) is 3.58. The highest BCUT2D eigenvalue weighted by Crippen LogP contribution is 2.20. The Morgan fingerprint density at radius 3 is 2.74 bits per heavy atom. The Kier molecular flexibility index (Phi) is 4.58. The maximum absolute atomic E-state index is 13.1.